The molecule has 1 aliphatic heterocycles. The number of nitrogens with zero attached hydrogens (tertiary/aromatic N) is 4. The Morgan fingerprint density at radius 3 is 2.56 bits per heavy atom. The van der Waals surface area contributed by atoms with Gasteiger partial charge in [-0.05, 0) is 80.6 Å². The molecule has 5 nitrogen and oxygen atoms in total. The van der Waals surface area contributed by atoms with Crippen LogP contribution in [-0.4, -0.2) is 33.6 Å². The summed E-state index contributed by atoms with van der Waals surface area (Å²) in [5, 5.41) is 10.3. The van der Waals surface area contributed by atoms with Crippen LogP contribution >= 0.6 is 0 Å². The Hall–Kier alpha value is -3.53. The van der Waals surface area contributed by atoms with Crippen molar-refractivity contribution in [3.8, 4) is 28.5 Å². The van der Waals surface area contributed by atoms with E-state index < -0.39 is 5.82 Å². The van der Waals surface area contributed by atoms with Crippen LogP contribution in [0.4, 0.5) is 4.39 Å². The van der Waals surface area contributed by atoms with Crippen molar-refractivity contribution in [2.45, 2.75) is 53.2 Å². The summed E-state index contributed by atoms with van der Waals surface area (Å²) in [4.78, 5) is 7.38. The van der Waals surface area contributed by atoms with Crippen molar-refractivity contribution < 1.29 is 4.39 Å². The second-order valence-electron chi connectivity index (χ2n) is 10.0. The molecule has 2 aromatic carbocycles. The molecule has 4 aromatic rings. The van der Waals surface area contributed by atoms with E-state index >= 15 is 0 Å². The zero-order chi connectivity index (χ0) is 25.6. The molecule has 1 atom stereocenters. The number of rotatable bonds is 5. The number of hydrogen-bond donors (Lipinski definition) is 1. The van der Waals surface area contributed by atoms with Gasteiger partial charge < -0.3 is 10.3 Å². The van der Waals surface area contributed by atoms with E-state index in [2.05, 4.69) is 55.4 Å². The van der Waals surface area contributed by atoms with Crippen molar-refractivity contribution in [2.24, 2.45) is 5.73 Å². The van der Waals surface area contributed by atoms with Crippen molar-refractivity contribution in [1.82, 2.24) is 14.5 Å². The Morgan fingerprint density at radius 1 is 1.11 bits per heavy atom. The maximum Gasteiger partial charge on any atom is 0.141 e. The molecule has 1 fully saturated rings. The highest BCUT2D eigenvalue weighted by Gasteiger charge is 2.23. The quantitative estimate of drug-likeness (QED) is 0.388. The molecule has 1 aliphatic rings. The summed E-state index contributed by atoms with van der Waals surface area (Å²) in [6, 6.07) is 13.6. The van der Waals surface area contributed by atoms with Crippen LogP contribution < -0.4 is 5.73 Å². The molecule has 184 valence electrons. The smallest absolute Gasteiger partial charge is 0.141 e. The first-order valence-electron chi connectivity index (χ1n) is 12.6. The lowest BCUT2D eigenvalue weighted by Crippen LogP contribution is -2.27. The minimum absolute atomic E-state index is 0.0417. The number of likely N-dealkylation sites (tertiary alicyclic amines) is 1. The molecule has 0 spiro atoms. The number of hydrogen-bond acceptors (Lipinski definition) is 4. The highest BCUT2D eigenvalue weighted by molar-refractivity contribution is 6.02. The third-order valence-corrected chi connectivity index (χ3v) is 7.53. The molecule has 6 heteroatoms. The van der Waals surface area contributed by atoms with Gasteiger partial charge in [-0.2, -0.15) is 5.26 Å². The number of aryl methyl sites for hydroxylation is 4. The van der Waals surface area contributed by atoms with Gasteiger partial charge in [0.05, 0.1) is 23.0 Å². The van der Waals surface area contributed by atoms with Crippen LogP contribution in [0.2, 0.25) is 0 Å². The molecule has 0 amide bonds. The van der Waals surface area contributed by atoms with E-state index in [1.165, 1.54) is 22.9 Å². The number of benzene rings is 2. The Bertz CT molecular complexity index is 1510. The minimum Gasteiger partial charge on any atom is -0.342 e. The topological polar surface area (TPSA) is 70.9 Å². The van der Waals surface area contributed by atoms with Gasteiger partial charge in [0.25, 0.3) is 0 Å². The zero-order valence-electron chi connectivity index (χ0n) is 21.4. The third kappa shape index (κ3) is 4.19. The number of aromatic nitrogens is 2. The fourth-order valence-corrected chi connectivity index (χ4v) is 5.49. The molecule has 0 bridgehead atoms. The second-order valence-corrected chi connectivity index (χ2v) is 10.0. The minimum atomic E-state index is -0.518. The maximum absolute atomic E-state index is 14.9. The highest BCUT2D eigenvalue weighted by atomic mass is 19.1. The van der Waals surface area contributed by atoms with Gasteiger partial charge in [-0.15, -0.1) is 0 Å². The van der Waals surface area contributed by atoms with Crippen LogP contribution in [0.3, 0.4) is 0 Å². The van der Waals surface area contributed by atoms with Crippen molar-refractivity contribution in [2.75, 3.05) is 13.1 Å². The number of pyridine rings is 1. The first-order valence-corrected chi connectivity index (χ1v) is 12.6. The predicted molar refractivity (Wildman–Crippen MR) is 143 cm³/mol. The standard InChI is InChI=1S/C30H32FN5/c1-5-36-24(17-35-9-8-23(33)16-35)13-26-28(36)15-34-30(25-11-19(3)18(2)10-20(25)4)29(26)21-6-7-22(14-32)27(31)12-21/h6-7,10-13,15,23H,5,8-9,16-17,33H2,1-4H3/t23-/m0/s1. The maximum atomic E-state index is 14.9. The van der Waals surface area contributed by atoms with E-state index in [1.807, 2.05) is 18.3 Å². The summed E-state index contributed by atoms with van der Waals surface area (Å²) in [5.74, 6) is -0.518. The monoisotopic (exact) mass is 481 g/mol. The third-order valence-electron chi connectivity index (χ3n) is 7.53. The second kappa shape index (κ2) is 9.50. The lowest BCUT2D eigenvalue weighted by molar-refractivity contribution is 0.318. The largest absolute Gasteiger partial charge is 0.342 e. The van der Waals surface area contributed by atoms with Crippen LogP contribution in [0.1, 0.15) is 41.3 Å². The summed E-state index contributed by atoms with van der Waals surface area (Å²) < 4.78 is 17.2. The van der Waals surface area contributed by atoms with Gasteiger partial charge >= 0.3 is 0 Å². The van der Waals surface area contributed by atoms with E-state index in [-0.39, 0.29) is 11.6 Å². The van der Waals surface area contributed by atoms with Gasteiger partial charge in [0.2, 0.25) is 0 Å². The van der Waals surface area contributed by atoms with Gasteiger partial charge in [0.15, 0.2) is 0 Å². The normalized spacial score (nSPS) is 16.1. The Morgan fingerprint density at radius 2 is 1.89 bits per heavy atom. The van der Waals surface area contributed by atoms with Gasteiger partial charge in [-0.25, -0.2) is 4.39 Å². The molecule has 0 saturated carbocycles. The van der Waals surface area contributed by atoms with Crippen molar-refractivity contribution >= 4 is 10.9 Å². The van der Waals surface area contributed by atoms with Crippen LogP contribution in [0.5, 0.6) is 0 Å². The summed E-state index contributed by atoms with van der Waals surface area (Å²) in [7, 11) is 0. The van der Waals surface area contributed by atoms with E-state index in [1.54, 1.807) is 6.07 Å². The fraction of sp³-hybridized carbons (Fsp3) is 0.333. The molecular weight excluding hydrogens is 449 g/mol. The molecule has 0 aliphatic carbocycles. The van der Waals surface area contributed by atoms with E-state index in [0.717, 1.165) is 71.5 Å². The molecule has 0 radical (unpaired) electrons. The molecule has 3 heterocycles. The SMILES string of the molecule is CCn1c(CN2CC[C@H](N)C2)cc2c(-c3ccc(C#N)c(F)c3)c(-c3cc(C)c(C)cc3C)ncc21. The highest BCUT2D eigenvalue weighted by Crippen LogP contribution is 2.40. The van der Waals surface area contributed by atoms with Crippen LogP contribution in [-0.2, 0) is 13.1 Å². The van der Waals surface area contributed by atoms with Crippen molar-refractivity contribution in [3.63, 3.8) is 0 Å². The summed E-state index contributed by atoms with van der Waals surface area (Å²) in [6.07, 6.45) is 2.96. The Kier molecular flexibility index (Phi) is 6.38. The molecule has 1 saturated heterocycles. The van der Waals surface area contributed by atoms with Gasteiger partial charge in [-0.1, -0.05) is 12.1 Å². The van der Waals surface area contributed by atoms with Gasteiger partial charge in [-0.3, -0.25) is 9.88 Å². The molecule has 0 unspecified atom stereocenters. The van der Waals surface area contributed by atoms with E-state index in [0.29, 0.717) is 0 Å². The summed E-state index contributed by atoms with van der Waals surface area (Å²) in [6.45, 7) is 12.0. The first-order chi connectivity index (χ1) is 17.3. The van der Waals surface area contributed by atoms with Gasteiger partial charge in [0, 0.05) is 54.4 Å². The molecular formula is C30H32FN5. The number of nitrogens with two attached hydrogens (primary N) is 1. The van der Waals surface area contributed by atoms with Crippen LogP contribution in [0, 0.1) is 37.9 Å². The Balaban J connectivity index is 1.78. The zero-order valence-corrected chi connectivity index (χ0v) is 21.4. The van der Waals surface area contributed by atoms with Crippen LogP contribution in [0.25, 0.3) is 33.3 Å². The molecule has 2 aromatic heterocycles. The van der Waals surface area contributed by atoms with Crippen molar-refractivity contribution in [1.29, 1.82) is 5.26 Å². The lowest BCUT2D eigenvalue weighted by Gasteiger charge is -2.17. The molecule has 36 heavy (non-hydrogen) atoms. The number of halogens is 1. The average molecular weight is 482 g/mol. The van der Waals surface area contributed by atoms with Crippen LogP contribution in [0.15, 0.2) is 42.6 Å². The number of fused-ring (bicyclic) bond motifs is 1. The van der Waals surface area contributed by atoms with E-state index in [9.17, 15) is 9.65 Å². The fourth-order valence-electron chi connectivity index (χ4n) is 5.49. The molecule has 5 rings (SSSR count). The lowest BCUT2D eigenvalue weighted by atomic mass is 9.91. The summed E-state index contributed by atoms with van der Waals surface area (Å²) >= 11 is 0. The van der Waals surface area contributed by atoms with Gasteiger partial charge in [0.1, 0.15) is 11.9 Å². The summed E-state index contributed by atoms with van der Waals surface area (Å²) in [5.41, 5.74) is 15.5. The first kappa shape index (κ1) is 24.2. The number of nitriles is 1. The average Bonchev–Trinajstić information content (AvgIpc) is 3.42. The predicted octanol–water partition coefficient (Wildman–Crippen LogP) is 5.86. The van der Waals surface area contributed by atoms with Crippen molar-refractivity contribution in [3.05, 3.63) is 76.4 Å². The molecule has 2 N–H and O–H groups in total. The van der Waals surface area contributed by atoms with E-state index in [4.69, 9.17) is 10.7 Å². The Labute approximate surface area is 212 Å².